The lowest BCUT2D eigenvalue weighted by Gasteiger charge is -2.39. The first-order valence-electron chi connectivity index (χ1n) is 11.2. The van der Waals surface area contributed by atoms with Gasteiger partial charge in [-0.3, -0.25) is 4.79 Å². The molecule has 0 amide bonds. The summed E-state index contributed by atoms with van der Waals surface area (Å²) in [6, 6.07) is 0. The van der Waals surface area contributed by atoms with Gasteiger partial charge in [-0.1, -0.05) is 62.3 Å². The molecule has 8 heteroatoms. The van der Waals surface area contributed by atoms with Crippen LogP contribution in [0.4, 0.5) is 0 Å². The molecule has 0 saturated heterocycles. The minimum absolute atomic E-state index is 0.0108. The van der Waals surface area contributed by atoms with Crippen molar-refractivity contribution in [1.29, 1.82) is 0 Å². The van der Waals surface area contributed by atoms with Crippen LogP contribution < -0.4 is 0 Å². The third-order valence-corrected chi connectivity index (χ3v) is 20.2. The zero-order chi connectivity index (χ0) is 25.3. The van der Waals surface area contributed by atoms with Crippen molar-refractivity contribution in [3.8, 4) is 0 Å². The predicted octanol–water partition coefficient (Wildman–Crippen LogP) is 7.38. The van der Waals surface area contributed by atoms with Gasteiger partial charge in [-0.05, 0) is 60.5 Å². The van der Waals surface area contributed by atoms with Crippen LogP contribution in [0.15, 0.2) is 11.8 Å². The average molecular weight is 489 g/mol. The Bertz CT molecular complexity index is 687. The van der Waals surface area contributed by atoms with E-state index < -0.39 is 30.9 Å². The van der Waals surface area contributed by atoms with Gasteiger partial charge in [-0.2, -0.15) is 0 Å². The van der Waals surface area contributed by atoms with E-state index >= 15 is 0 Å². The molecule has 182 valence electrons. The van der Waals surface area contributed by atoms with E-state index in [-0.39, 0.29) is 33.3 Å². The highest BCUT2D eigenvalue weighted by atomic mass is 28.4. The Morgan fingerprint density at radius 3 is 1.29 bits per heavy atom. The molecule has 0 saturated carbocycles. The second kappa shape index (κ2) is 9.55. The van der Waals surface area contributed by atoms with Gasteiger partial charge in [0, 0.05) is 0 Å². The van der Waals surface area contributed by atoms with Crippen molar-refractivity contribution >= 4 is 36.9 Å². The molecule has 0 aromatic carbocycles. The highest BCUT2D eigenvalue weighted by Crippen LogP contribution is 2.40. The van der Waals surface area contributed by atoms with Gasteiger partial charge in [0.25, 0.3) is 30.9 Å². The zero-order valence-corrected chi connectivity index (χ0v) is 25.8. The van der Waals surface area contributed by atoms with Gasteiger partial charge >= 0.3 is 5.97 Å². The first-order valence-corrected chi connectivity index (χ1v) is 19.9. The minimum Gasteiger partial charge on any atom is -0.539 e. The summed E-state index contributed by atoms with van der Waals surface area (Å²) >= 11 is 0. The van der Waals surface area contributed by atoms with Gasteiger partial charge in [0.05, 0.1) is 6.42 Å². The SMILES string of the molecule is CC(C)(C)[Si](C)(C)OC(=O)C/C=C(/O[Si](C)(C)C(C)(C)C)C(=O)O[Si](C)(C)C(C)(C)C. The van der Waals surface area contributed by atoms with Crippen LogP contribution in [0.3, 0.4) is 0 Å². The lowest BCUT2D eigenvalue weighted by atomic mass is 10.2. The summed E-state index contributed by atoms with van der Waals surface area (Å²) in [4.78, 5) is 25.8. The van der Waals surface area contributed by atoms with E-state index in [4.69, 9.17) is 13.3 Å². The van der Waals surface area contributed by atoms with Gasteiger partial charge in [0.2, 0.25) is 0 Å². The molecule has 0 aliphatic rings. The van der Waals surface area contributed by atoms with Crippen LogP contribution in [0.25, 0.3) is 0 Å². The molecular weight excluding hydrogens is 441 g/mol. The van der Waals surface area contributed by atoms with Crippen molar-refractivity contribution in [2.75, 3.05) is 0 Å². The van der Waals surface area contributed by atoms with Crippen molar-refractivity contribution in [2.24, 2.45) is 0 Å². The molecule has 5 nitrogen and oxygen atoms in total. The fraction of sp³-hybridized carbons (Fsp3) is 0.826. The first-order chi connectivity index (χ1) is 13.3. The standard InChI is InChI=1S/C23H48O5Si3/c1-21(2,3)29(10,11)26-18(20(25)28-31(14,15)23(7,8)9)16-17-19(24)27-30(12,13)22(4,5)6/h16H,17H2,1-15H3/b18-16+. The van der Waals surface area contributed by atoms with Gasteiger partial charge in [0.1, 0.15) is 0 Å². The predicted molar refractivity (Wildman–Crippen MR) is 138 cm³/mol. The molecular formula is C23H48O5Si3. The Morgan fingerprint density at radius 2 is 0.935 bits per heavy atom. The fourth-order valence-corrected chi connectivity index (χ4v) is 4.54. The van der Waals surface area contributed by atoms with Crippen LogP contribution in [0.1, 0.15) is 68.7 Å². The Morgan fingerprint density at radius 1 is 0.613 bits per heavy atom. The summed E-state index contributed by atoms with van der Waals surface area (Å²) in [5, 5.41) is -0.287. The van der Waals surface area contributed by atoms with E-state index in [1.165, 1.54) is 0 Å². The second-order valence-corrected chi connectivity index (χ2v) is 27.2. The quantitative estimate of drug-likeness (QED) is 0.212. The van der Waals surface area contributed by atoms with Crippen LogP contribution in [-0.4, -0.2) is 36.9 Å². The number of carbonyl (C=O) groups is 2. The zero-order valence-electron chi connectivity index (χ0n) is 22.8. The summed E-state index contributed by atoms with van der Waals surface area (Å²) in [7, 11) is -6.86. The number of hydrogen-bond acceptors (Lipinski definition) is 5. The number of rotatable bonds is 7. The summed E-state index contributed by atoms with van der Waals surface area (Å²) in [6.07, 6.45) is 1.55. The van der Waals surface area contributed by atoms with Gasteiger partial charge in [-0.15, -0.1) is 0 Å². The highest BCUT2D eigenvalue weighted by Gasteiger charge is 2.44. The highest BCUT2D eigenvalue weighted by molar-refractivity contribution is 6.76. The topological polar surface area (TPSA) is 61.8 Å². The van der Waals surface area contributed by atoms with Crippen LogP contribution in [0.5, 0.6) is 0 Å². The molecule has 0 aromatic heterocycles. The average Bonchev–Trinajstić information content (AvgIpc) is 2.46. The molecule has 31 heavy (non-hydrogen) atoms. The fourth-order valence-electron chi connectivity index (χ4n) is 1.69. The second-order valence-electron chi connectivity index (χ2n) is 13.0. The van der Waals surface area contributed by atoms with E-state index in [1.807, 2.05) is 26.2 Å². The van der Waals surface area contributed by atoms with Gasteiger partial charge in [-0.25, -0.2) is 4.79 Å². The summed E-state index contributed by atoms with van der Waals surface area (Å²) in [5.74, 6) is -0.664. The van der Waals surface area contributed by atoms with Crippen molar-refractivity contribution < 1.29 is 22.9 Å². The summed E-state index contributed by atoms with van der Waals surface area (Å²) in [6.45, 7) is 31.1. The monoisotopic (exact) mass is 488 g/mol. The maximum absolute atomic E-state index is 13.2. The molecule has 0 atom stereocenters. The van der Waals surface area contributed by atoms with Crippen molar-refractivity contribution in [1.82, 2.24) is 0 Å². The maximum Gasteiger partial charge on any atom is 0.358 e. The Hall–Kier alpha value is -0.869. The molecule has 0 radical (unpaired) electrons. The van der Waals surface area contributed by atoms with Crippen molar-refractivity contribution in [3.05, 3.63) is 11.8 Å². The van der Waals surface area contributed by atoms with Crippen LogP contribution in [0.2, 0.25) is 54.4 Å². The van der Waals surface area contributed by atoms with E-state index in [0.29, 0.717) is 0 Å². The molecule has 0 unspecified atom stereocenters. The lowest BCUT2D eigenvalue weighted by molar-refractivity contribution is -0.134. The molecule has 0 N–H and O–H groups in total. The van der Waals surface area contributed by atoms with E-state index in [0.717, 1.165) is 0 Å². The van der Waals surface area contributed by atoms with Crippen LogP contribution >= 0.6 is 0 Å². The van der Waals surface area contributed by atoms with E-state index in [2.05, 4.69) is 75.4 Å². The molecule has 0 fully saturated rings. The molecule has 0 aliphatic carbocycles. The molecule has 0 spiro atoms. The minimum atomic E-state index is -2.34. The van der Waals surface area contributed by atoms with E-state index in [1.54, 1.807) is 6.08 Å². The van der Waals surface area contributed by atoms with Crippen LogP contribution in [0, 0.1) is 0 Å². The third-order valence-electron chi connectivity index (χ3n) is 7.16. The number of carbonyl (C=O) groups excluding carboxylic acids is 2. The Kier molecular flexibility index (Phi) is 9.28. The smallest absolute Gasteiger partial charge is 0.358 e. The van der Waals surface area contributed by atoms with Gasteiger partial charge in [0.15, 0.2) is 5.76 Å². The molecule has 0 aromatic rings. The molecule has 0 heterocycles. The Balaban J connectivity index is 5.84. The van der Waals surface area contributed by atoms with Gasteiger partial charge < -0.3 is 13.3 Å². The summed E-state index contributed by atoms with van der Waals surface area (Å²) < 4.78 is 18.2. The van der Waals surface area contributed by atoms with Crippen molar-refractivity contribution in [3.63, 3.8) is 0 Å². The number of hydrogen-bond donors (Lipinski definition) is 0. The molecule has 0 bridgehead atoms. The molecule has 0 aliphatic heterocycles. The van der Waals surface area contributed by atoms with Crippen molar-refractivity contribution in [2.45, 2.75) is 123 Å². The summed E-state index contributed by atoms with van der Waals surface area (Å²) in [5.41, 5.74) is 0. The largest absolute Gasteiger partial charge is 0.539 e. The van der Waals surface area contributed by atoms with E-state index in [9.17, 15) is 9.59 Å². The maximum atomic E-state index is 13.2. The lowest BCUT2D eigenvalue weighted by Crippen LogP contribution is -2.45. The first kappa shape index (κ1) is 30.1. The van der Waals surface area contributed by atoms with Crippen LogP contribution in [-0.2, 0) is 22.9 Å². The Labute approximate surface area is 194 Å². The normalized spacial score (nSPS) is 14.9. The molecule has 0 rings (SSSR count). The third kappa shape index (κ3) is 8.53.